The van der Waals surface area contributed by atoms with Crippen LogP contribution in [0.5, 0.6) is 0 Å². The molecule has 2 heterocycles. The van der Waals surface area contributed by atoms with Crippen LogP contribution in [0.3, 0.4) is 0 Å². The number of rotatable bonds is 3. The van der Waals surface area contributed by atoms with Crippen LogP contribution in [0, 0.1) is 0 Å². The molecule has 2 aromatic rings. The molecule has 0 amide bonds. The maximum absolute atomic E-state index is 4.41. The minimum Gasteiger partial charge on any atom is -0.298 e. The first-order valence-electron chi connectivity index (χ1n) is 8.30. The minimum atomic E-state index is 0.747. The molecular weight excluding hydrogens is 290 g/mol. The number of piperazine rings is 1. The second kappa shape index (κ2) is 6.49. The van der Waals surface area contributed by atoms with Gasteiger partial charge in [-0.05, 0) is 30.4 Å². The van der Waals surface area contributed by atoms with Gasteiger partial charge in [-0.1, -0.05) is 24.3 Å². The molecule has 116 valence electrons. The molecule has 4 rings (SSSR count). The van der Waals surface area contributed by atoms with Crippen LogP contribution in [0.15, 0.2) is 35.8 Å². The lowest BCUT2D eigenvalue weighted by Crippen LogP contribution is -2.51. The maximum atomic E-state index is 4.41. The summed E-state index contributed by atoms with van der Waals surface area (Å²) < 4.78 is 0. The molecule has 2 aliphatic rings. The molecule has 0 unspecified atom stereocenters. The van der Waals surface area contributed by atoms with Crippen molar-refractivity contribution < 1.29 is 0 Å². The molecule has 1 saturated heterocycles. The number of benzene rings is 1. The molecule has 3 nitrogen and oxygen atoms in total. The lowest BCUT2D eigenvalue weighted by molar-refractivity contribution is 0.0856. The standard InChI is InChI=1S/C18H23N3S/c1-2-4-16-13-17(6-5-15(16)3-1)21-10-8-20(9-11-21)14-18-19-7-12-22-18/h1-4,7,12,17H,5-6,8-11,13-14H2/t17-/m1/s1. The molecule has 4 heteroatoms. The topological polar surface area (TPSA) is 19.4 Å². The molecule has 1 fully saturated rings. The van der Waals surface area contributed by atoms with Crippen molar-refractivity contribution in [2.45, 2.75) is 31.8 Å². The van der Waals surface area contributed by atoms with Gasteiger partial charge >= 0.3 is 0 Å². The van der Waals surface area contributed by atoms with Gasteiger partial charge in [0.25, 0.3) is 0 Å². The number of aryl methyl sites for hydroxylation is 1. The van der Waals surface area contributed by atoms with E-state index in [0.29, 0.717) is 0 Å². The van der Waals surface area contributed by atoms with Gasteiger partial charge in [-0.15, -0.1) is 11.3 Å². The van der Waals surface area contributed by atoms with Gasteiger partial charge in [-0.2, -0.15) is 0 Å². The van der Waals surface area contributed by atoms with Crippen LogP contribution in [0.2, 0.25) is 0 Å². The lowest BCUT2D eigenvalue weighted by atomic mass is 9.87. The molecule has 1 atom stereocenters. The Hall–Kier alpha value is -1.23. The van der Waals surface area contributed by atoms with Crippen LogP contribution in [-0.4, -0.2) is 47.0 Å². The largest absolute Gasteiger partial charge is 0.298 e. The smallest absolute Gasteiger partial charge is 0.107 e. The SMILES string of the molecule is c1ccc2c(c1)CC[C@@H](N1CCN(Cc3nccs3)CC1)C2. The van der Waals surface area contributed by atoms with E-state index < -0.39 is 0 Å². The number of fused-ring (bicyclic) bond motifs is 1. The first-order valence-corrected chi connectivity index (χ1v) is 9.18. The predicted octanol–water partition coefficient (Wildman–Crippen LogP) is 2.82. The summed E-state index contributed by atoms with van der Waals surface area (Å²) in [7, 11) is 0. The van der Waals surface area contributed by atoms with Gasteiger partial charge in [-0.25, -0.2) is 4.98 Å². The predicted molar refractivity (Wildman–Crippen MR) is 91.2 cm³/mol. The summed E-state index contributed by atoms with van der Waals surface area (Å²) in [6, 6.07) is 9.73. The number of thiazole rings is 1. The van der Waals surface area contributed by atoms with Crippen molar-refractivity contribution in [2.24, 2.45) is 0 Å². The van der Waals surface area contributed by atoms with Gasteiger partial charge in [0.15, 0.2) is 0 Å². The molecule has 0 spiro atoms. The summed E-state index contributed by atoms with van der Waals surface area (Å²) in [5.41, 5.74) is 3.14. The van der Waals surface area contributed by atoms with E-state index in [-0.39, 0.29) is 0 Å². The summed E-state index contributed by atoms with van der Waals surface area (Å²) >= 11 is 1.77. The van der Waals surface area contributed by atoms with E-state index in [1.54, 1.807) is 22.5 Å². The molecule has 0 saturated carbocycles. The Morgan fingerprint density at radius 1 is 1.09 bits per heavy atom. The molecule has 1 aromatic heterocycles. The number of hydrogen-bond donors (Lipinski definition) is 0. The summed E-state index contributed by atoms with van der Waals surface area (Å²) in [5.74, 6) is 0. The van der Waals surface area contributed by atoms with E-state index in [1.165, 1.54) is 50.4 Å². The van der Waals surface area contributed by atoms with Gasteiger partial charge in [0.05, 0.1) is 6.54 Å². The van der Waals surface area contributed by atoms with Crippen LogP contribution in [0.4, 0.5) is 0 Å². The monoisotopic (exact) mass is 313 g/mol. The highest BCUT2D eigenvalue weighted by Gasteiger charge is 2.27. The van der Waals surface area contributed by atoms with E-state index in [9.17, 15) is 0 Å². The minimum absolute atomic E-state index is 0.747. The fourth-order valence-electron chi connectivity index (χ4n) is 3.80. The number of aromatic nitrogens is 1. The van der Waals surface area contributed by atoms with E-state index >= 15 is 0 Å². The molecule has 0 bridgehead atoms. The molecular formula is C18H23N3S. The van der Waals surface area contributed by atoms with Gasteiger partial charge < -0.3 is 0 Å². The molecule has 0 radical (unpaired) electrons. The Balaban J connectivity index is 1.32. The van der Waals surface area contributed by atoms with Crippen LogP contribution in [0.25, 0.3) is 0 Å². The maximum Gasteiger partial charge on any atom is 0.107 e. The fraction of sp³-hybridized carbons (Fsp3) is 0.500. The number of nitrogens with zero attached hydrogens (tertiary/aromatic N) is 3. The normalized spacial score (nSPS) is 23.4. The molecule has 1 aliphatic carbocycles. The number of hydrogen-bond acceptors (Lipinski definition) is 4. The van der Waals surface area contributed by atoms with E-state index in [2.05, 4.69) is 44.4 Å². The van der Waals surface area contributed by atoms with Crippen molar-refractivity contribution in [3.8, 4) is 0 Å². The van der Waals surface area contributed by atoms with Gasteiger partial charge in [0.2, 0.25) is 0 Å². The fourth-order valence-corrected chi connectivity index (χ4v) is 4.46. The average molecular weight is 313 g/mol. The third-order valence-electron chi connectivity index (χ3n) is 5.09. The summed E-state index contributed by atoms with van der Waals surface area (Å²) in [4.78, 5) is 9.67. The third-order valence-corrected chi connectivity index (χ3v) is 5.85. The highest BCUT2D eigenvalue weighted by Crippen LogP contribution is 2.25. The average Bonchev–Trinajstić information content (AvgIpc) is 3.08. The molecule has 1 aliphatic heterocycles. The Kier molecular flexibility index (Phi) is 4.24. The molecule has 22 heavy (non-hydrogen) atoms. The first kappa shape index (κ1) is 14.4. The summed E-state index contributed by atoms with van der Waals surface area (Å²) in [6.07, 6.45) is 5.72. The van der Waals surface area contributed by atoms with E-state index in [0.717, 1.165) is 12.6 Å². The Morgan fingerprint density at radius 3 is 2.68 bits per heavy atom. The second-order valence-electron chi connectivity index (χ2n) is 6.40. The zero-order valence-corrected chi connectivity index (χ0v) is 13.8. The van der Waals surface area contributed by atoms with E-state index in [4.69, 9.17) is 0 Å². The lowest BCUT2D eigenvalue weighted by Gasteiger charge is -2.41. The summed E-state index contributed by atoms with van der Waals surface area (Å²) in [6.45, 7) is 5.80. The Labute approximate surface area is 136 Å². The Morgan fingerprint density at radius 2 is 1.91 bits per heavy atom. The highest BCUT2D eigenvalue weighted by molar-refractivity contribution is 7.09. The van der Waals surface area contributed by atoms with Crippen LogP contribution >= 0.6 is 11.3 Å². The van der Waals surface area contributed by atoms with Crippen molar-refractivity contribution in [3.05, 3.63) is 52.0 Å². The first-order chi connectivity index (χ1) is 10.9. The van der Waals surface area contributed by atoms with Gasteiger partial charge in [0, 0.05) is 43.8 Å². The van der Waals surface area contributed by atoms with Crippen molar-refractivity contribution in [1.82, 2.24) is 14.8 Å². The Bertz CT molecular complexity index is 603. The van der Waals surface area contributed by atoms with Gasteiger partial charge in [0.1, 0.15) is 5.01 Å². The highest BCUT2D eigenvalue weighted by atomic mass is 32.1. The zero-order valence-electron chi connectivity index (χ0n) is 12.9. The van der Waals surface area contributed by atoms with E-state index in [1.807, 2.05) is 6.20 Å². The molecule has 1 aromatic carbocycles. The molecule has 0 N–H and O–H groups in total. The second-order valence-corrected chi connectivity index (χ2v) is 7.38. The van der Waals surface area contributed by atoms with Crippen molar-refractivity contribution in [3.63, 3.8) is 0 Å². The van der Waals surface area contributed by atoms with Crippen molar-refractivity contribution >= 4 is 11.3 Å². The third kappa shape index (κ3) is 3.09. The van der Waals surface area contributed by atoms with Crippen LogP contribution in [-0.2, 0) is 19.4 Å². The van der Waals surface area contributed by atoms with Crippen LogP contribution < -0.4 is 0 Å². The van der Waals surface area contributed by atoms with Crippen molar-refractivity contribution in [1.29, 1.82) is 0 Å². The summed E-state index contributed by atoms with van der Waals surface area (Å²) in [5, 5.41) is 3.32. The zero-order chi connectivity index (χ0) is 14.8. The van der Waals surface area contributed by atoms with Crippen LogP contribution in [0.1, 0.15) is 22.6 Å². The van der Waals surface area contributed by atoms with Gasteiger partial charge in [-0.3, -0.25) is 9.80 Å². The quantitative estimate of drug-likeness (QED) is 0.868. The van der Waals surface area contributed by atoms with Crippen molar-refractivity contribution in [2.75, 3.05) is 26.2 Å².